The zero-order chi connectivity index (χ0) is 63.8. The van der Waals surface area contributed by atoms with E-state index in [0.29, 0.717) is 11.8 Å². The number of nitrogens with zero attached hydrogens (tertiary/aromatic N) is 4. The first-order valence-corrected chi connectivity index (χ1v) is 32.0. The van der Waals surface area contributed by atoms with Crippen LogP contribution in [0.2, 0.25) is 0 Å². The third-order valence-corrected chi connectivity index (χ3v) is 17.1. The third kappa shape index (κ3) is 16.5. The normalized spacial score (nSPS) is 10.8. The van der Waals surface area contributed by atoms with Crippen molar-refractivity contribution >= 4 is 0 Å². The fourth-order valence-electron chi connectivity index (χ4n) is 11.7. The number of aromatic nitrogens is 4. The zero-order valence-corrected chi connectivity index (χ0v) is 55.8. The van der Waals surface area contributed by atoms with E-state index in [2.05, 4.69) is 383 Å². The largest absolute Gasteiger partial charge is 0.213 e. The molecule has 0 unspecified atom stereocenters. The molecule has 0 saturated heterocycles. The van der Waals surface area contributed by atoms with Crippen molar-refractivity contribution in [2.75, 3.05) is 0 Å². The van der Waals surface area contributed by atoms with Gasteiger partial charge in [-0.1, -0.05) is 210 Å². The van der Waals surface area contributed by atoms with E-state index in [1.54, 1.807) is 0 Å². The van der Waals surface area contributed by atoms with Crippen LogP contribution >= 0.6 is 0 Å². The van der Waals surface area contributed by atoms with Crippen LogP contribution in [0.15, 0.2) is 267 Å². The third-order valence-electron chi connectivity index (χ3n) is 17.1. The van der Waals surface area contributed by atoms with E-state index < -0.39 is 0 Å². The SMILES string of the molecule is CCc1cccc(-c2cc[n+](C)c(-c3ccccc3C)c2)c1.Cc1cccc(-c2cc[n+](C)c(-c3ccccc3C)c2)c1.Cc1ccccc1-c1cc(-c2cccc(C(C)C)c2)cc[n+]1C.Cc1ccccc1-c1cc(-c2cccc(CC(C)C)c2)cc[n+]1C. The maximum absolute atomic E-state index is 2.33. The summed E-state index contributed by atoms with van der Waals surface area (Å²) in [6.45, 7) is 22.0. The van der Waals surface area contributed by atoms with Gasteiger partial charge >= 0.3 is 0 Å². The standard InChI is InChI=1S/C23H26N.C22H24N.C21H22N.C20H20N/c1-17(2)14-19-9-7-10-20(15-19)21-12-13-24(4)23(16-21)22-11-6-5-8-18(22)3;1-16(2)18-9-7-10-19(14-18)20-12-13-23(4)22(15-20)21-11-6-5-8-17(21)3;1-4-17-9-7-10-18(14-17)19-12-13-22(3)21(15-19)20-11-6-5-8-16(20)2;1-15-7-6-9-17(13-15)18-11-12-21(3)20(14-18)19-10-5-4-8-16(19)2/h5-13,15-17H,14H2,1-4H3;5-16H,1-4H3;5-15H,4H2,1-3H3;4-14H,1-3H3/q4*+1. The fraction of sp³-hybridized carbons (Fsp3) is 0.209. The van der Waals surface area contributed by atoms with Gasteiger partial charge in [-0.2, -0.15) is 0 Å². The van der Waals surface area contributed by atoms with E-state index in [1.807, 2.05) is 0 Å². The van der Waals surface area contributed by atoms with E-state index in [-0.39, 0.29) is 0 Å². The average Bonchev–Trinajstić information content (AvgIpc) is 1.17. The molecule has 12 rings (SSSR count). The quantitative estimate of drug-likeness (QED) is 0.108. The lowest BCUT2D eigenvalue weighted by molar-refractivity contribution is -0.660. The van der Waals surface area contributed by atoms with Crippen LogP contribution in [-0.2, 0) is 41.0 Å². The zero-order valence-electron chi connectivity index (χ0n) is 55.8. The summed E-state index contributed by atoms with van der Waals surface area (Å²) in [4.78, 5) is 0. The van der Waals surface area contributed by atoms with Crippen molar-refractivity contribution in [1.82, 2.24) is 0 Å². The molecule has 4 aromatic heterocycles. The Morgan fingerprint density at radius 2 is 0.589 bits per heavy atom. The highest BCUT2D eigenvalue weighted by Crippen LogP contribution is 2.32. The maximum atomic E-state index is 2.33. The molecule has 8 aromatic carbocycles. The van der Waals surface area contributed by atoms with Crippen LogP contribution in [0.25, 0.3) is 89.5 Å². The van der Waals surface area contributed by atoms with Gasteiger partial charge in [-0.05, 0) is 167 Å². The summed E-state index contributed by atoms with van der Waals surface area (Å²) in [5.41, 5.74) is 31.0. The molecule has 4 heteroatoms. The minimum absolute atomic E-state index is 0.547. The second-order valence-corrected chi connectivity index (χ2v) is 24.9. The van der Waals surface area contributed by atoms with Crippen molar-refractivity contribution < 1.29 is 18.3 Å². The summed E-state index contributed by atoms with van der Waals surface area (Å²) in [6, 6.07) is 87.4. The van der Waals surface area contributed by atoms with Gasteiger partial charge in [0, 0.05) is 70.8 Å². The van der Waals surface area contributed by atoms with Crippen LogP contribution in [-0.4, -0.2) is 0 Å². The Hall–Kier alpha value is -9.64. The van der Waals surface area contributed by atoms with Crippen molar-refractivity contribution in [3.63, 3.8) is 0 Å². The van der Waals surface area contributed by atoms with Crippen molar-refractivity contribution in [2.45, 2.75) is 88.0 Å². The van der Waals surface area contributed by atoms with Gasteiger partial charge in [0.15, 0.2) is 24.8 Å². The molecule has 90 heavy (non-hydrogen) atoms. The van der Waals surface area contributed by atoms with Gasteiger partial charge < -0.3 is 0 Å². The Labute approximate surface area is 538 Å². The minimum atomic E-state index is 0.547. The van der Waals surface area contributed by atoms with Gasteiger partial charge in [-0.25, -0.2) is 18.3 Å². The monoisotopic (exact) mass is 1180 g/mol. The molecule has 452 valence electrons. The number of aryl methyl sites for hydroxylation is 10. The molecule has 12 aromatic rings. The first-order valence-electron chi connectivity index (χ1n) is 32.0. The Morgan fingerprint density at radius 1 is 0.289 bits per heavy atom. The summed E-state index contributed by atoms with van der Waals surface area (Å²) in [6.07, 6.45) is 10.8. The molecule has 0 aliphatic rings. The van der Waals surface area contributed by atoms with Crippen LogP contribution in [0.4, 0.5) is 0 Å². The Bertz CT molecular complexity index is 4390. The van der Waals surface area contributed by atoms with Gasteiger partial charge in [-0.15, -0.1) is 0 Å². The lowest BCUT2D eigenvalue weighted by Gasteiger charge is -2.10. The molecule has 0 amide bonds. The molecule has 0 fully saturated rings. The van der Waals surface area contributed by atoms with Crippen molar-refractivity contribution in [1.29, 1.82) is 0 Å². The first-order chi connectivity index (χ1) is 43.4. The molecule has 0 bridgehead atoms. The topological polar surface area (TPSA) is 15.5 Å². The predicted molar refractivity (Wildman–Crippen MR) is 380 cm³/mol. The number of hydrogen-bond acceptors (Lipinski definition) is 0. The highest BCUT2D eigenvalue weighted by molar-refractivity contribution is 5.74. The molecule has 0 saturated carbocycles. The summed E-state index contributed by atoms with van der Waals surface area (Å²) >= 11 is 0. The predicted octanol–water partition coefficient (Wildman–Crippen LogP) is 19.8. The summed E-state index contributed by atoms with van der Waals surface area (Å²) < 4.78 is 8.76. The molecule has 0 atom stereocenters. The second kappa shape index (κ2) is 30.5. The summed E-state index contributed by atoms with van der Waals surface area (Å²) in [7, 11) is 8.42. The van der Waals surface area contributed by atoms with E-state index in [0.717, 1.165) is 12.8 Å². The van der Waals surface area contributed by atoms with Gasteiger partial charge in [0.25, 0.3) is 0 Å². The molecule has 0 N–H and O–H groups in total. The number of rotatable bonds is 12. The van der Waals surface area contributed by atoms with Gasteiger partial charge in [0.05, 0.1) is 0 Å². The molecule has 0 spiro atoms. The highest BCUT2D eigenvalue weighted by Gasteiger charge is 2.18. The molecule has 4 heterocycles. The molecular formula is C86H92N4+4. The lowest BCUT2D eigenvalue weighted by Crippen LogP contribution is -2.30. The van der Waals surface area contributed by atoms with Crippen LogP contribution in [0, 0.1) is 40.5 Å². The summed E-state index contributed by atoms with van der Waals surface area (Å²) in [5.74, 6) is 1.22. The van der Waals surface area contributed by atoms with E-state index in [4.69, 9.17) is 0 Å². The van der Waals surface area contributed by atoms with Crippen LogP contribution in [0.3, 0.4) is 0 Å². The lowest BCUT2D eigenvalue weighted by atomic mass is 9.96. The average molecular weight is 1180 g/mol. The van der Waals surface area contributed by atoms with E-state index in [1.165, 1.54) is 134 Å². The maximum Gasteiger partial charge on any atom is 0.213 e. The van der Waals surface area contributed by atoms with E-state index in [9.17, 15) is 0 Å². The molecule has 0 radical (unpaired) electrons. The molecular weight excluding hydrogens is 1090 g/mol. The first kappa shape index (κ1) is 64.8. The van der Waals surface area contributed by atoms with Crippen molar-refractivity contribution in [2.24, 2.45) is 34.1 Å². The van der Waals surface area contributed by atoms with Crippen molar-refractivity contribution in [3.05, 3.63) is 312 Å². The second-order valence-electron chi connectivity index (χ2n) is 24.9. The minimum Gasteiger partial charge on any atom is -0.201 e. The Balaban J connectivity index is 0.000000142. The molecule has 0 aliphatic carbocycles. The molecule has 4 nitrogen and oxygen atoms in total. The number of hydrogen-bond donors (Lipinski definition) is 0. The number of pyridine rings is 4. The van der Waals surface area contributed by atoms with Crippen molar-refractivity contribution in [3.8, 4) is 89.5 Å². The van der Waals surface area contributed by atoms with Gasteiger partial charge in [0.2, 0.25) is 22.8 Å². The Morgan fingerprint density at radius 3 is 0.922 bits per heavy atom. The van der Waals surface area contributed by atoms with Crippen LogP contribution in [0.1, 0.15) is 85.0 Å². The van der Waals surface area contributed by atoms with Crippen LogP contribution < -0.4 is 18.3 Å². The fourth-order valence-corrected chi connectivity index (χ4v) is 11.7. The van der Waals surface area contributed by atoms with E-state index >= 15 is 0 Å². The van der Waals surface area contributed by atoms with Gasteiger partial charge in [0.1, 0.15) is 28.2 Å². The smallest absolute Gasteiger partial charge is 0.201 e. The highest BCUT2D eigenvalue weighted by atomic mass is 14.9. The summed E-state index contributed by atoms with van der Waals surface area (Å²) in [5, 5.41) is 0. The van der Waals surface area contributed by atoms with Gasteiger partial charge in [-0.3, -0.25) is 0 Å². The number of benzene rings is 8. The Kier molecular flexibility index (Phi) is 22.0. The molecule has 0 aliphatic heterocycles. The van der Waals surface area contributed by atoms with Crippen LogP contribution in [0.5, 0.6) is 0 Å².